The first-order valence-corrected chi connectivity index (χ1v) is 10.9. The Hall–Kier alpha value is -2.66. The van der Waals surface area contributed by atoms with E-state index in [1.165, 1.54) is 6.07 Å². The maximum Gasteiger partial charge on any atom is 0.253 e. The summed E-state index contributed by atoms with van der Waals surface area (Å²) in [5.74, 6) is 0.421. The molecule has 0 aliphatic carbocycles. The lowest BCUT2D eigenvalue weighted by atomic mass is 9.77. The Labute approximate surface area is 176 Å². The third-order valence-corrected chi connectivity index (χ3v) is 6.77. The molecule has 2 aliphatic rings. The van der Waals surface area contributed by atoms with Gasteiger partial charge in [-0.25, -0.2) is 4.39 Å². The second-order valence-electron chi connectivity index (χ2n) is 8.80. The third kappa shape index (κ3) is 3.86. The summed E-state index contributed by atoms with van der Waals surface area (Å²) in [5, 5.41) is 1.11. The average Bonchev–Trinajstić information content (AvgIpc) is 3.22. The van der Waals surface area contributed by atoms with Gasteiger partial charge in [-0.3, -0.25) is 4.79 Å². The highest BCUT2D eigenvalue weighted by Crippen LogP contribution is 2.39. The lowest BCUT2D eigenvalue weighted by Crippen LogP contribution is -2.51. The molecule has 1 amide bonds. The van der Waals surface area contributed by atoms with Crippen LogP contribution < -0.4 is 0 Å². The maximum absolute atomic E-state index is 13.5. The number of carbonyl (C=O) groups is 1. The predicted molar refractivity (Wildman–Crippen MR) is 115 cm³/mol. The number of halogens is 1. The number of nitrogens with zero attached hydrogens (tertiary/aromatic N) is 1. The largest absolute Gasteiger partial charge is 0.375 e. The van der Waals surface area contributed by atoms with Crippen LogP contribution >= 0.6 is 0 Å². The zero-order valence-electron chi connectivity index (χ0n) is 17.1. The van der Waals surface area contributed by atoms with E-state index in [4.69, 9.17) is 4.74 Å². The zero-order valence-corrected chi connectivity index (χ0v) is 17.1. The molecule has 3 heterocycles. The fourth-order valence-corrected chi connectivity index (χ4v) is 5.13. The molecule has 2 saturated heterocycles. The summed E-state index contributed by atoms with van der Waals surface area (Å²) in [6.07, 6.45) is 6.51. The Bertz CT molecular complexity index is 1050. The van der Waals surface area contributed by atoms with Crippen LogP contribution in [0.15, 0.2) is 54.7 Å². The minimum atomic E-state index is -0.168. The number of ether oxygens (including phenoxy) is 1. The summed E-state index contributed by atoms with van der Waals surface area (Å²) in [4.78, 5) is 18.1. The standard InChI is InChI=1S/C25H27FN2O2/c26-22-3-1-2-18(15-22)14-19-7-13-30-25(17-19)8-11-28(12-9-25)24(29)21-5-4-20-6-10-27-23(20)16-21/h1-6,10,15-16,19,27H,7-9,11-14,17H2. The highest BCUT2D eigenvalue weighted by atomic mass is 19.1. The lowest BCUT2D eigenvalue weighted by molar-refractivity contribution is -0.123. The Morgan fingerprint density at radius 2 is 2.03 bits per heavy atom. The first kappa shape index (κ1) is 19.3. The number of piperidine rings is 1. The van der Waals surface area contributed by atoms with E-state index in [-0.39, 0.29) is 17.3 Å². The third-order valence-electron chi connectivity index (χ3n) is 6.77. The Morgan fingerprint density at radius 3 is 2.87 bits per heavy atom. The first-order valence-electron chi connectivity index (χ1n) is 10.9. The molecule has 0 saturated carbocycles. The van der Waals surface area contributed by atoms with Crippen molar-refractivity contribution in [2.45, 2.75) is 37.7 Å². The summed E-state index contributed by atoms with van der Waals surface area (Å²) in [7, 11) is 0. The van der Waals surface area contributed by atoms with Crippen molar-refractivity contribution in [3.8, 4) is 0 Å². The lowest BCUT2D eigenvalue weighted by Gasteiger charge is -2.46. The van der Waals surface area contributed by atoms with Crippen molar-refractivity contribution in [2.75, 3.05) is 19.7 Å². The van der Waals surface area contributed by atoms with Crippen LogP contribution in [0.4, 0.5) is 4.39 Å². The number of hydrogen-bond acceptors (Lipinski definition) is 2. The van der Waals surface area contributed by atoms with Crippen LogP contribution in [0.25, 0.3) is 10.9 Å². The van der Waals surface area contributed by atoms with Crippen LogP contribution in [-0.4, -0.2) is 41.1 Å². The molecule has 156 valence electrons. The van der Waals surface area contributed by atoms with Gasteiger partial charge in [-0.05, 0) is 79.3 Å². The molecule has 4 nitrogen and oxygen atoms in total. The van der Waals surface area contributed by atoms with E-state index >= 15 is 0 Å². The molecule has 30 heavy (non-hydrogen) atoms. The summed E-state index contributed by atoms with van der Waals surface area (Å²) < 4.78 is 19.8. The van der Waals surface area contributed by atoms with Crippen molar-refractivity contribution >= 4 is 16.8 Å². The molecule has 0 bridgehead atoms. The van der Waals surface area contributed by atoms with Crippen molar-refractivity contribution in [3.05, 3.63) is 71.7 Å². The Morgan fingerprint density at radius 1 is 1.17 bits per heavy atom. The summed E-state index contributed by atoms with van der Waals surface area (Å²) in [5.41, 5.74) is 2.64. The van der Waals surface area contributed by atoms with Crippen molar-refractivity contribution in [1.29, 1.82) is 0 Å². The Kier molecular flexibility index (Phi) is 5.07. The number of rotatable bonds is 3. The number of likely N-dealkylation sites (tertiary alicyclic amines) is 1. The van der Waals surface area contributed by atoms with Gasteiger partial charge in [0, 0.05) is 37.0 Å². The van der Waals surface area contributed by atoms with E-state index in [9.17, 15) is 9.18 Å². The molecule has 2 fully saturated rings. The molecule has 3 aromatic rings. The van der Waals surface area contributed by atoms with Crippen LogP contribution in [0.2, 0.25) is 0 Å². The van der Waals surface area contributed by atoms with Gasteiger partial charge in [0.15, 0.2) is 0 Å². The molecular weight excluding hydrogens is 379 g/mol. The molecule has 1 aromatic heterocycles. The molecule has 2 aliphatic heterocycles. The average molecular weight is 407 g/mol. The number of H-pyrrole nitrogens is 1. The second-order valence-corrected chi connectivity index (χ2v) is 8.80. The van der Waals surface area contributed by atoms with E-state index in [2.05, 4.69) is 4.98 Å². The predicted octanol–water partition coefficient (Wildman–Crippen LogP) is 4.95. The van der Waals surface area contributed by atoms with E-state index in [0.29, 0.717) is 19.0 Å². The molecule has 1 atom stereocenters. The van der Waals surface area contributed by atoms with Crippen LogP contribution in [0.1, 0.15) is 41.6 Å². The highest BCUT2D eigenvalue weighted by Gasteiger charge is 2.41. The summed E-state index contributed by atoms with van der Waals surface area (Å²) in [6, 6.07) is 14.8. The SMILES string of the molecule is O=C(c1ccc2cc[nH]c2c1)N1CCC2(CC1)CC(Cc1cccc(F)c1)CCO2. The van der Waals surface area contributed by atoms with Gasteiger partial charge in [0.2, 0.25) is 0 Å². The fraction of sp³-hybridized carbons (Fsp3) is 0.400. The zero-order chi connectivity index (χ0) is 20.6. The maximum atomic E-state index is 13.5. The number of amides is 1. The van der Waals surface area contributed by atoms with Crippen molar-refractivity contribution in [2.24, 2.45) is 5.92 Å². The molecule has 1 spiro atoms. The Balaban J connectivity index is 1.22. The van der Waals surface area contributed by atoms with Crippen molar-refractivity contribution in [3.63, 3.8) is 0 Å². The number of carbonyl (C=O) groups excluding carboxylic acids is 1. The van der Waals surface area contributed by atoms with Gasteiger partial charge in [-0.15, -0.1) is 0 Å². The van der Waals surface area contributed by atoms with Crippen LogP contribution in [-0.2, 0) is 11.2 Å². The molecule has 5 rings (SSSR count). The van der Waals surface area contributed by atoms with Gasteiger partial charge in [0.05, 0.1) is 5.60 Å². The van der Waals surface area contributed by atoms with Crippen molar-refractivity contribution < 1.29 is 13.9 Å². The van der Waals surface area contributed by atoms with E-state index in [1.54, 1.807) is 12.1 Å². The fourth-order valence-electron chi connectivity index (χ4n) is 5.13. The quantitative estimate of drug-likeness (QED) is 0.669. The number of aromatic amines is 1. The van der Waals surface area contributed by atoms with Crippen LogP contribution in [0, 0.1) is 11.7 Å². The molecule has 1 unspecified atom stereocenters. The molecule has 1 N–H and O–H groups in total. The highest BCUT2D eigenvalue weighted by molar-refractivity contribution is 5.98. The van der Waals surface area contributed by atoms with Crippen LogP contribution in [0.5, 0.6) is 0 Å². The minimum absolute atomic E-state index is 0.0912. The number of fused-ring (bicyclic) bond motifs is 1. The van der Waals surface area contributed by atoms with Gasteiger partial charge in [-0.1, -0.05) is 18.2 Å². The number of nitrogens with one attached hydrogen (secondary N) is 1. The first-order chi connectivity index (χ1) is 14.6. The smallest absolute Gasteiger partial charge is 0.253 e. The summed E-state index contributed by atoms with van der Waals surface area (Å²) in [6.45, 7) is 2.18. The molecule has 0 radical (unpaired) electrons. The molecular formula is C25H27FN2O2. The molecule has 5 heteroatoms. The monoisotopic (exact) mass is 406 g/mol. The van der Waals surface area contributed by atoms with Gasteiger partial charge < -0.3 is 14.6 Å². The number of benzene rings is 2. The second kappa shape index (κ2) is 7.88. The van der Waals surface area contributed by atoms with Gasteiger partial charge in [0.1, 0.15) is 5.82 Å². The minimum Gasteiger partial charge on any atom is -0.375 e. The number of aromatic nitrogens is 1. The van der Waals surface area contributed by atoms with Crippen LogP contribution in [0.3, 0.4) is 0 Å². The summed E-state index contributed by atoms with van der Waals surface area (Å²) >= 11 is 0. The van der Waals surface area contributed by atoms with Gasteiger partial charge in [-0.2, -0.15) is 0 Å². The van der Waals surface area contributed by atoms with Crippen molar-refractivity contribution in [1.82, 2.24) is 9.88 Å². The van der Waals surface area contributed by atoms with Gasteiger partial charge >= 0.3 is 0 Å². The van der Waals surface area contributed by atoms with Gasteiger partial charge in [0.25, 0.3) is 5.91 Å². The number of hydrogen-bond donors (Lipinski definition) is 1. The van der Waals surface area contributed by atoms with E-state index in [0.717, 1.165) is 60.7 Å². The van der Waals surface area contributed by atoms with E-state index < -0.39 is 0 Å². The van der Waals surface area contributed by atoms with E-state index in [1.807, 2.05) is 41.4 Å². The topological polar surface area (TPSA) is 45.3 Å². The normalized spacial score (nSPS) is 21.2. The molecule has 2 aromatic carbocycles.